The Morgan fingerprint density at radius 1 is 1.31 bits per heavy atom. The summed E-state index contributed by atoms with van der Waals surface area (Å²) >= 11 is 0. The van der Waals surface area contributed by atoms with Crippen molar-refractivity contribution in [1.29, 1.82) is 0 Å². The highest BCUT2D eigenvalue weighted by Crippen LogP contribution is 2.42. The molecule has 4 aromatic rings. The number of ether oxygens (including phenoxy) is 1. The molecule has 0 amide bonds. The molecule has 8 nitrogen and oxygen atoms in total. The predicted octanol–water partition coefficient (Wildman–Crippen LogP) is 2.83. The lowest BCUT2D eigenvalue weighted by molar-refractivity contribution is 0.0953. The Morgan fingerprint density at radius 3 is 2.75 bits per heavy atom. The number of benzene rings is 1. The van der Waals surface area contributed by atoms with Gasteiger partial charge in [-0.1, -0.05) is 6.07 Å². The summed E-state index contributed by atoms with van der Waals surface area (Å²) in [6, 6.07) is 5.71. The average molecular weight is 431 g/mol. The molecule has 5 rings (SSSR count). The minimum atomic E-state index is -0.414. The quantitative estimate of drug-likeness (QED) is 0.358. The van der Waals surface area contributed by atoms with Gasteiger partial charge >= 0.3 is 0 Å². The van der Waals surface area contributed by atoms with Gasteiger partial charge in [-0.2, -0.15) is 0 Å². The van der Waals surface area contributed by atoms with Gasteiger partial charge in [0.1, 0.15) is 11.9 Å². The number of aryl methyl sites for hydroxylation is 1. The van der Waals surface area contributed by atoms with E-state index in [1.165, 1.54) is 0 Å². The van der Waals surface area contributed by atoms with Crippen molar-refractivity contribution < 1.29 is 14.6 Å². The van der Waals surface area contributed by atoms with Crippen LogP contribution in [0.1, 0.15) is 21.6 Å². The highest BCUT2D eigenvalue weighted by Gasteiger charge is 2.37. The van der Waals surface area contributed by atoms with Crippen molar-refractivity contribution in [2.75, 3.05) is 20.7 Å². The van der Waals surface area contributed by atoms with Crippen LogP contribution in [0.25, 0.3) is 22.0 Å². The summed E-state index contributed by atoms with van der Waals surface area (Å²) in [5.41, 5.74) is 4.59. The highest BCUT2D eigenvalue weighted by molar-refractivity contribution is 6.14. The van der Waals surface area contributed by atoms with E-state index in [2.05, 4.69) is 14.5 Å². The summed E-state index contributed by atoms with van der Waals surface area (Å²) in [4.78, 5) is 23.8. The summed E-state index contributed by atoms with van der Waals surface area (Å²) in [6.45, 7) is 1.41. The number of phenolic OH excluding ortho intramolecular Hbond substituents is 1. The van der Waals surface area contributed by atoms with Crippen LogP contribution in [0.2, 0.25) is 0 Å². The van der Waals surface area contributed by atoms with E-state index < -0.39 is 6.10 Å². The largest absolute Gasteiger partial charge is 0.507 e. The number of epoxide rings is 1. The summed E-state index contributed by atoms with van der Waals surface area (Å²) in [5.74, 6) is 0.111. The Balaban J connectivity index is 1.85. The molecular formula is C24H25N5O3. The molecule has 1 aliphatic rings. The molecule has 1 fully saturated rings. The lowest BCUT2D eigenvalue weighted by Crippen LogP contribution is -2.18. The van der Waals surface area contributed by atoms with E-state index in [1.807, 2.05) is 55.0 Å². The molecule has 1 unspecified atom stereocenters. The summed E-state index contributed by atoms with van der Waals surface area (Å²) in [7, 11) is 5.92. The zero-order valence-corrected chi connectivity index (χ0v) is 18.3. The Kier molecular flexibility index (Phi) is 5.03. The minimum Gasteiger partial charge on any atom is -0.507 e. The Labute approximate surface area is 185 Å². The summed E-state index contributed by atoms with van der Waals surface area (Å²) in [5, 5.41) is 12.2. The van der Waals surface area contributed by atoms with Crippen LogP contribution in [-0.2, 0) is 24.9 Å². The van der Waals surface area contributed by atoms with Crippen molar-refractivity contribution in [3.8, 4) is 16.9 Å². The fourth-order valence-electron chi connectivity index (χ4n) is 4.28. The van der Waals surface area contributed by atoms with Gasteiger partial charge in [-0.25, -0.2) is 4.98 Å². The summed E-state index contributed by atoms with van der Waals surface area (Å²) < 4.78 is 9.30. The number of aromatic nitrogens is 4. The average Bonchev–Trinajstić information content (AvgIpc) is 3.44. The molecule has 0 spiro atoms. The fourth-order valence-corrected chi connectivity index (χ4v) is 4.28. The van der Waals surface area contributed by atoms with Crippen molar-refractivity contribution in [3.05, 3.63) is 66.1 Å². The number of fused-ring (bicyclic) bond motifs is 1. The molecule has 1 N–H and O–H groups in total. The maximum absolute atomic E-state index is 13.4. The normalized spacial score (nSPS) is 15.6. The second kappa shape index (κ2) is 7.89. The maximum Gasteiger partial charge on any atom is 0.196 e. The molecule has 0 radical (unpaired) electrons. The van der Waals surface area contributed by atoms with Crippen molar-refractivity contribution >= 4 is 16.7 Å². The van der Waals surface area contributed by atoms with Gasteiger partial charge in [0.2, 0.25) is 0 Å². The molecule has 1 saturated heterocycles. The van der Waals surface area contributed by atoms with E-state index in [4.69, 9.17) is 4.74 Å². The van der Waals surface area contributed by atoms with Crippen LogP contribution in [0, 0.1) is 0 Å². The van der Waals surface area contributed by atoms with Crippen LogP contribution in [0.5, 0.6) is 5.75 Å². The molecular weight excluding hydrogens is 406 g/mol. The Bertz CT molecular complexity index is 1290. The Hall–Kier alpha value is -3.49. The first-order valence-corrected chi connectivity index (χ1v) is 10.5. The number of nitrogens with zero attached hydrogens (tertiary/aromatic N) is 5. The molecule has 164 valence electrons. The van der Waals surface area contributed by atoms with Crippen LogP contribution < -0.4 is 0 Å². The van der Waals surface area contributed by atoms with Gasteiger partial charge in [0.05, 0.1) is 25.0 Å². The minimum absolute atomic E-state index is 0.0344. The number of Topliss-reactive ketones (excluding diaryl/α,β-unsaturated/α-hetero) is 1. The third-order valence-electron chi connectivity index (χ3n) is 5.90. The van der Waals surface area contributed by atoms with Crippen molar-refractivity contribution in [3.63, 3.8) is 0 Å². The van der Waals surface area contributed by atoms with Crippen LogP contribution in [0.3, 0.4) is 0 Å². The van der Waals surface area contributed by atoms with Crippen molar-refractivity contribution in [2.45, 2.75) is 19.2 Å². The third-order valence-corrected chi connectivity index (χ3v) is 5.90. The maximum atomic E-state index is 13.4. The zero-order chi connectivity index (χ0) is 22.4. The smallest absolute Gasteiger partial charge is 0.196 e. The third kappa shape index (κ3) is 3.47. The summed E-state index contributed by atoms with van der Waals surface area (Å²) in [6.07, 6.45) is 8.27. The van der Waals surface area contributed by atoms with E-state index in [1.54, 1.807) is 24.9 Å². The number of pyridine rings is 1. The van der Waals surface area contributed by atoms with E-state index in [-0.39, 0.29) is 11.5 Å². The predicted molar refractivity (Wildman–Crippen MR) is 121 cm³/mol. The van der Waals surface area contributed by atoms with Crippen LogP contribution in [0.15, 0.2) is 49.3 Å². The van der Waals surface area contributed by atoms with E-state index in [0.717, 1.165) is 22.2 Å². The number of ketones is 1. The topological polar surface area (TPSA) is 88.7 Å². The van der Waals surface area contributed by atoms with Gasteiger partial charge in [-0.15, -0.1) is 0 Å². The number of imidazole rings is 1. The number of hydrogen-bond donors (Lipinski definition) is 1. The first-order chi connectivity index (χ1) is 15.5. The number of hydrogen-bond acceptors (Lipinski definition) is 6. The molecule has 32 heavy (non-hydrogen) atoms. The first kappa shape index (κ1) is 20.4. The lowest BCUT2D eigenvalue weighted by atomic mass is 9.94. The molecule has 1 aromatic carbocycles. The van der Waals surface area contributed by atoms with Gasteiger partial charge in [0, 0.05) is 71.7 Å². The van der Waals surface area contributed by atoms with E-state index in [9.17, 15) is 9.90 Å². The molecule has 8 heteroatoms. The van der Waals surface area contributed by atoms with Gasteiger partial charge < -0.3 is 23.9 Å². The number of rotatable bonds is 7. The van der Waals surface area contributed by atoms with Crippen molar-refractivity contribution in [2.24, 2.45) is 7.05 Å². The van der Waals surface area contributed by atoms with Crippen molar-refractivity contribution in [1.82, 2.24) is 24.0 Å². The SMILES string of the molecule is CN(C)Cc1c(C(=O)C2CO2)c2c(Cn3ccnc3)c(O)c(-c3cccnc3)cc2n1C. The van der Waals surface area contributed by atoms with E-state index in [0.29, 0.717) is 36.4 Å². The van der Waals surface area contributed by atoms with Gasteiger partial charge in [-0.05, 0) is 26.2 Å². The standard InChI is InChI=1S/C24H25N5O3/c1-27(2)12-19-22(24(31)20-13-32-20)21-17(11-29-8-7-26-14-29)23(30)16(9-18(21)28(19)3)15-5-4-6-25-10-15/h4-10,14,20,30H,11-13H2,1-3H3. The van der Waals surface area contributed by atoms with Gasteiger partial charge in [0.15, 0.2) is 5.78 Å². The number of carbonyl (C=O) groups is 1. The number of aromatic hydroxyl groups is 1. The van der Waals surface area contributed by atoms with E-state index >= 15 is 0 Å². The van der Waals surface area contributed by atoms with Gasteiger partial charge in [-0.3, -0.25) is 9.78 Å². The zero-order valence-electron chi connectivity index (χ0n) is 18.3. The highest BCUT2D eigenvalue weighted by atomic mass is 16.6. The van der Waals surface area contributed by atoms with Crippen LogP contribution in [-0.4, -0.2) is 61.7 Å². The molecule has 3 aromatic heterocycles. The monoisotopic (exact) mass is 431 g/mol. The second-order valence-electron chi connectivity index (χ2n) is 8.43. The number of carbonyl (C=O) groups excluding carboxylic acids is 1. The molecule has 0 aliphatic carbocycles. The molecule has 4 heterocycles. The second-order valence-corrected chi connectivity index (χ2v) is 8.43. The van der Waals surface area contributed by atoms with Crippen LogP contribution >= 0.6 is 0 Å². The molecule has 1 atom stereocenters. The fraction of sp³-hybridized carbons (Fsp3) is 0.292. The first-order valence-electron chi connectivity index (χ1n) is 10.5. The van der Waals surface area contributed by atoms with Gasteiger partial charge in [0.25, 0.3) is 0 Å². The number of phenols is 1. The Morgan fingerprint density at radius 2 is 2.12 bits per heavy atom. The lowest BCUT2D eigenvalue weighted by Gasteiger charge is -2.14. The van der Waals surface area contributed by atoms with Crippen LogP contribution in [0.4, 0.5) is 0 Å². The molecule has 0 bridgehead atoms. The molecule has 1 aliphatic heterocycles. The molecule has 0 saturated carbocycles.